The van der Waals surface area contributed by atoms with Gasteiger partial charge in [0.1, 0.15) is 6.04 Å². The van der Waals surface area contributed by atoms with Gasteiger partial charge in [0.15, 0.2) is 0 Å². The van der Waals surface area contributed by atoms with Gasteiger partial charge in [-0.2, -0.15) is 0 Å². The molecule has 1 aromatic heterocycles. The second-order valence-corrected chi connectivity index (χ2v) is 6.30. The molecule has 0 unspecified atom stereocenters. The van der Waals surface area contributed by atoms with Gasteiger partial charge in [-0.15, -0.1) is 11.3 Å². The molecule has 1 aliphatic heterocycles. The van der Waals surface area contributed by atoms with E-state index in [0.29, 0.717) is 6.54 Å². The van der Waals surface area contributed by atoms with Crippen molar-refractivity contribution in [2.24, 2.45) is 0 Å². The standard InChI is InChI=1S/C16H18N2O2S/c19-16(20)14-7-4-8-18(14)10-13-11-21-15(17-13)9-12-5-2-1-3-6-12/h1-3,5-6,11,14H,4,7-10H2,(H,19,20)/t14-/m0/s1. The van der Waals surface area contributed by atoms with Gasteiger partial charge in [-0.3, -0.25) is 9.69 Å². The molecule has 0 spiro atoms. The molecule has 1 aliphatic rings. The Bertz CT molecular complexity index is 612. The number of aliphatic carboxylic acids is 1. The fourth-order valence-electron chi connectivity index (χ4n) is 2.78. The van der Waals surface area contributed by atoms with E-state index in [2.05, 4.69) is 22.5 Å². The Morgan fingerprint density at radius 1 is 1.38 bits per heavy atom. The zero-order valence-corrected chi connectivity index (χ0v) is 12.6. The fraction of sp³-hybridized carbons (Fsp3) is 0.375. The summed E-state index contributed by atoms with van der Waals surface area (Å²) < 4.78 is 0. The van der Waals surface area contributed by atoms with Crippen molar-refractivity contribution in [3.63, 3.8) is 0 Å². The Morgan fingerprint density at radius 3 is 2.95 bits per heavy atom. The number of thiazole rings is 1. The highest BCUT2D eigenvalue weighted by Crippen LogP contribution is 2.22. The summed E-state index contributed by atoms with van der Waals surface area (Å²) in [6.07, 6.45) is 2.54. The SMILES string of the molecule is O=C(O)[C@@H]1CCCN1Cc1csc(Cc2ccccc2)n1. The van der Waals surface area contributed by atoms with Gasteiger partial charge in [0.25, 0.3) is 0 Å². The summed E-state index contributed by atoms with van der Waals surface area (Å²) in [6.45, 7) is 1.49. The predicted molar refractivity (Wildman–Crippen MR) is 82.4 cm³/mol. The minimum Gasteiger partial charge on any atom is -0.480 e. The van der Waals surface area contributed by atoms with E-state index >= 15 is 0 Å². The number of benzene rings is 1. The Balaban J connectivity index is 1.64. The van der Waals surface area contributed by atoms with Crippen LogP contribution in [0.2, 0.25) is 0 Å². The summed E-state index contributed by atoms with van der Waals surface area (Å²) in [7, 11) is 0. The minimum atomic E-state index is -0.716. The number of carboxylic acid groups (broad SMARTS) is 1. The molecule has 1 aromatic carbocycles. The number of rotatable bonds is 5. The van der Waals surface area contributed by atoms with Gasteiger partial charge in [0.2, 0.25) is 0 Å². The van der Waals surface area contributed by atoms with E-state index in [1.165, 1.54) is 5.56 Å². The number of aromatic nitrogens is 1. The van der Waals surface area contributed by atoms with Crippen LogP contribution in [0.3, 0.4) is 0 Å². The molecule has 110 valence electrons. The third-order valence-electron chi connectivity index (χ3n) is 3.81. The van der Waals surface area contributed by atoms with E-state index in [1.54, 1.807) is 11.3 Å². The van der Waals surface area contributed by atoms with Crippen LogP contribution in [-0.4, -0.2) is 33.5 Å². The van der Waals surface area contributed by atoms with Crippen LogP contribution >= 0.6 is 11.3 Å². The summed E-state index contributed by atoms with van der Waals surface area (Å²) in [4.78, 5) is 17.9. The van der Waals surface area contributed by atoms with Crippen molar-refractivity contribution in [3.05, 3.63) is 52.0 Å². The van der Waals surface area contributed by atoms with Gasteiger partial charge in [-0.25, -0.2) is 4.98 Å². The van der Waals surface area contributed by atoms with Gasteiger partial charge < -0.3 is 5.11 Å². The lowest BCUT2D eigenvalue weighted by molar-refractivity contribution is -0.142. The monoisotopic (exact) mass is 302 g/mol. The lowest BCUT2D eigenvalue weighted by Crippen LogP contribution is -2.35. The molecule has 1 fully saturated rings. The van der Waals surface area contributed by atoms with E-state index in [1.807, 2.05) is 23.1 Å². The molecule has 2 heterocycles. The average molecular weight is 302 g/mol. The van der Waals surface area contributed by atoms with Gasteiger partial charge in [-0.05, 0) is 24.9 Å². The van der Waals surface area contributed by atoms with Crippen LogP contribution in [-0.2, 0) is 17.8 Å². The highest BCUT2D eigenvalue weighted by Gasteiger charge is 2.30. The molecule has 4 nitrogen and oxygen atoms in total. The number of likely N-dealkylation sites (tertiary alicyclic amines) is 1. The lowest BCUT2D eigenvalue weighted by atomic mass is 10.2. The second kappa shape index (κ2) is 6.37. The largest absolute Gasteiger partial charge is 0.480 e. The molecule has 0 bridgehead atoms. The quantitative estimate of drug-likeness (QED) is 0.923. The topological polar surface area (TPSA) is 53.4 Å². The summed E-state index contributed by atoms with van der Waals surface area (Å²) in [5.74, 6) is -0.716. The van der Waals surface area contributed by atoms with Crippen molar-refractivity contribution >= 4 is 17.3 Å². The summed E-state index contributed by atoms with van der Waals surface area (Å²) >= 11 is 1.65. The highest BCUT2D eigenvalue weighted by molar-refractivity contribution is 7.09. The number of hydrogen-bond acceptors (Lipinski definition) is 4. The van der Waals surface area contributed by atoms with Crippen LogP contribution in [0.1, 0.15) is 29.1 Å². The molecule has 1 saturated heterocycles. The molecular weight excluding hydrogens is 284 g/mol. The van der Waals surface area contributed by atoms with Gasteiger partial charge in [0.05, 0.1) is 10.7 Å². The van der Waals surface area contributed by atoms with Crippen molar-refractivity contribution in [2.45, 2.75) is 31.8 Å². The highest BCUT2D eigenvalue weighted by atomic mass is 32.1. The predicted octanol–water partition coefficient (Wildman–Crippen LogP) is 2.78. The van der Waals surface area contributed by atoms with E-state index in [9.17, 15) is 9.90 Å². The van der Waals surface area contributed by atoms with Gasteiger partial charge in [0, 0.05) is 18.3 Å². The zero-order valence-electron chi connectivity index (χ0n) is 11.7. The Labute approximate surface area is 128 Å². The van der Waals surface area contributed by atoms with Crippen LogP contribution < -0.4 is 0 Å². The fourth-order valence-corrected chi connectivity index (χ4v) is 3.60. The molecule has 0 amide bonds. The molecule has 5 heteroatoms. The summed E-state index contributed by atoms with van der Waals surface area (Å²) in [6, 6.07) is 9.93. The Morgan fingerprint density at radius 2 is 2.19 bits per heavy atom. The minimum absolute atomic E-state index is 0.343. The Hall–Kier alpha value is -1.72. The molecule has 21 heavy (non-hydrogen) atoms. The van der Waals surface area contributed by atoms with E-state index in [-0.39, 0.29) is 6.04 Å². The van der Waals surface area contributed by atoms with Crippen LogP contribution in [0.15, 0.2) is 35.7 Å². The summed E-state index contributed by atoms with van der Waals surface area (Å²) in [5.41, 5.74) is 2.24. The first-order valence-corrected chi connectivity index (χ1v) is 8.04. The van der Waals surface area contributed by atoms with Crippen LogP contribution in [0.25, 0.3) is 0 Å². The normalized spacial score (nSPS) is 19.0. The smallest absolute Gasteiger partial charge is 0.320 e. The maximum atomic E-state index is 11.2. The second-order valence-electron chi connectivity index (χ2n) is 5.36. The molecule has 0 aliphatic carbocycles. The lowest BCUT2D eigenvalue weighted by Gasteiger charge is -2.19. The van der Waals surface area contributed by atoms with Crippen molar-refractivity contribution in [3.8, 4) is 0 Å². The van der Waals surface area contributed by atoms with Crippen molar-refractivity contribution in [1.29, 1.82) is 0 Å². The first-order chi connectivity index (χ1) is 10.2. The molecule has 3 rings (SSSR count). The number of hydrogen-bond donors (Lipinski definition) is 1. The van der Waals surface area contributed by atoms with E-state index in [0.717, 1.165) is 36.5 Å². The first-order valence-electron chi connectivity index (χ1n) is 7.16. The van der Waals surface area contributed by atoms with Crippen molar-refractivity contribution < 1.29 is 9.90 Å². The van der Waals surface area contributed by atoms with Crippen LogP contribution in [0.5, 0.6) is 0 Å². The van der Waals surface area contributed by atoms with Crippen LogP contribution in [0, 0.1) is 0 Å². The first kappa shape index (κ1) is 14.2. The third kappa shape index (κ3) is 3.49. The van der Waals surface area contributed by atoms with Crippen LogP contribution in [0.4, 0.5) is 0 Å². The molecule has 2 aromatic rings. The molecule has 0 saturated carbocycles. The Kier molecular flexibility index (Phi) is 4.31. The zero-order chi connectivity index (χ0) is 14.7. The molecular formula is C16H18N2O2S. The van der Waals surface area contributed by atoms with Crippen molar-refractivity contribution in [2.75, 3.05) is 6.54 Å². The average Bonchev–Trinajstić information content (AvgIpc) is 3.10. The van der Waals surface area contributed by atoms with E-state index < -0.39 is 5.97 Å². The summed E-state index contributed by atoms with van der Waals surface area (Å²) in [5, 5.41) is 12.3. The molecule has 0 radical (unpaired) electrons. The number of nitrogens with zero attached hydrogens (tertiary/aromatic N) is 2. The van der Waals surface area contributed by atoms with Gasteiger partial charge in [-0.1, -0.05) is 30.3 Å². The molecule has 1 N–H and O–H groups in total. The number of carbonyl (C=O) groups is 1. The third-order valence-corrected chi connectivity index (χ3v) is 4.71. The molecule has 1 atom stereocenters. The van der Waals surface area contributed by atoms with Crippen molar-refractivity contribution in [1.82, 2.24) is 9.88 Å². The number of carboxylic acids is 1. The van der Waals surface area contributed by atoms with Gasteiger partial charge >= 0.3 is 5.97 Å². The maximum absolute atomic E-state index is 11.2. The maximum Gasteiger partial charge on any atom is 0.320 e. The van der Waals surface area contributed by atoms with E-state index in [4.69, 9.17) is 0 Å².